The van der Waals surface area contributed by atoms with Gasteiger partial charge in [-0.2, -0.15) is 0 Å². The lowest BCUT2D eigenvalue weighted by molar-refractivity contribution is -0.136. The molecule has 0 radical (unpaired) electrons. The summed E-state index contributed by atoms with van der Waals surface area (Å²) in [5.41, 5.74) is 9.50. The van der Waals surface area contributed by atoms with E-state index in [9.17, 15) is 19.2 Å². The maximum atomic E-state index is 12.2. The number of aryl methyl sites for hydroxylation is 1. The number of halogens is 2. The monoisotopic (exact) mass is 444 g/mol. The van der Waals surface area contributed by atoms with Crippen LogP contribution in [-0.2, 0) is 14.4 Å². The minimum atomic E-state index is -1.11. The van der Waals surface area contributed by atoms with Crippen molar-refractivity contribution in [1.29, 1.82) is 0 Å². The Hall–Kier alpha value is -2.89. The van der Waals surface area contributed by atoms with E-state index in [1.165, 1.54) is 25.1 Å². The molecule has 2 aromatic rings. The average Bonchev–Trinajstić information content (AvgIpc) is 3.00. The summed E-state index contributed by atoms with van der Waals surface area (Å²) in [5.74, 6) is -3.17. The standard InChI is InChI=1S/C15H14Cl2N6O4S/c1-6-11(28-15(18-6)23-20-7(2)24)12(25)21-22-14(27)13(26)19-10-4-3-8(16)5-9(10)17/h3-5H,1-2H3,(H,18,23)(H,19,26)(H,20,24)(H,21,25)(H,22,27). The number of benzene rings is 1. The molecule has 0 saturated heterocycles. The van der Waals surface area contributed by atoms with Gasteiger partial charge in [0.25, 0.3) is 5.91 Å². The average molecular weight is 445 g/mol. The predicted molar refractivity (Wildman–Crippen MR) is 105 cm³/mol. The topological polar surface area (TPSA) is 141 Å². The second-order valence-electron chi connectivity index (χ2n) is 5.23. The number of carbonyl (C=O) groups is 4. The van der Waals surface area contributed by atoms with Gasteiger partial charge in [0.1, 0.15) is 4.88 Å². The van der Waals surface area contributed by atoms with Crippen molar-refractivity contribution in [1.82, 2.24) is 21.3 Å². The molecule has 1 aromatic carbocycles. The first-order valence-corrected chi connectivity index (χ1v) is 9.11. The normalized spacial score (nSPS) is 10.0. The van der Waals surface area contributed by atoms with Gasteiger partial charge in [-0.15, -0.1) is 0 Å². The van der Waals surface area contributed by atoms with Gasteiger partial charge in [0.2, 0.25) is 11.0 Å². The van der Waals surface area contributed by atoms with Crippen molar-refractivity contribution < 1.29 is 19.2 Å². The first-order chi connectivity index (χ1) is 13.2. The Kier molecular flexibility index (Phi) is 7.15. The Morgan fingerprint density at radius 1 is 1.04 bits per heavy atom. The molecule has 1 heterocycles. The SMILES string of the molecule is CC(=O)NNc1nc(C)c(C(=O)NNC(=O)C(=O)Nc2ccc(Cl)cc2Cl)s1. The van der Waals surface area contributed by atoms with Gasteiger partial charge in [-0.25, -0.2) is 4.98 Å². The van der Waals surface area contributed by atoms with Gasteiger partial charge in [-0.3, -0.25) is 40.9 Å². The maximum Gasteiger partial charge on any atom is 0.328 e. The van der Waals surface area contributed by atoms with Crippen molar-refractivity contribution in [3.05, 3.63) is 38.8 Å². The van der Waals surface area contributed by atoms with Gasteiger partial charge >= 0.3 is 11.8 Å². The number of thiazole rings is 1. The van der Waals surface area contributed by atoms with E-state index in [4.69, 9.17) is 23.2 Å². The zero-order chi connectivity index (χ0) is 20.8. The van der Waals surface area contributed by atoms with Crippen LogP contribution in [0.15, 0.2) is 18.2 Å². The van der Waals surface area contributed by atoms with Gasteiger partial charge < -0.3 is 5.32 Å². The highest BCUT2D eigenvalue weighted by atomic mass is 35.5. The van der Waals surface area contributed by atoms with Crippen molar-refractivity contribution in [3.63, 3.8) is 0 Å². The summed E-state index contributed by atoms with van der Waals surface area (Å²) < 4.78 is 0. The van der Waals surface area contributed by atoms with Crippen LogP contribution >= 0.6 is 34.5 Å². The summed E-state index contributed by atoms with van der Waals surface area (Å²) in [5, 5.41) is 3.09. The predicted octanol–water partition coefficient (Wildman–Crippen LogP) is 1.62. The molecule has 0 fully saturated rings. The summed E-state index contributed by atoms with van der Waals surface area (Å²) in [6.07, 6.45) is 0. The lowest BCUT2D eigenvalue weighted by Gasteiger charge is -2.08. The van der Waals surface area contributed by atoms with Crippen molar-refractivity contribution in [2.24, 2.45) is 0 Å². The Labute approximate surface area is 172 Å². The molecule has 4 amide bonds. The summed E-state index contributed by atoms with van der Waals surface area (Å²) in [6, 6.07) is 4.32. The van der Waals surface area contributed by atoms with E-state index in [1.807, 2.05) is 5.43 Å². The van der Waals surface area contributed by atoms with Gasteiger partial charge in [-0.1, -0.05) is 34.5 Å². The molecule has 0 saturated carbocycles. The van der Waals surface area contributed by atoms with Crippen molar-refractivity contribution in [2.75, 3.05) is 10.7 Å². The molecule has 0 spiro atoms. The number of hydrazine groups is 2. The van der Waals surface area contributed by atoms with E-state index >= 15 is 0 Å². The summed E-state index contributed by atoms with van der Waals surface area (Å²) in [4.78, 5) is 51.0. The fourth-order valence-electron chi connectivity index (χ4n) is 1.80. The molecular formula is C15H14Cl2N6O4S. The molecule has 28 heavy (non-hydrogen) atoms. The summed E-state index contributed by atoms with van der Waals surface area (Å²) in [7, 11) is 0. The van der Waals surface area contributed by atoms with Crippen LogP contribution in [0.5, 0.6) is 0 Å². The Morgan fingerprint density at radius 2 is 1.75 bits per heavy atom. The fourth-order valence-corrected chi connectivity index (χ4v) is 3.07. The lowest BCUT2D eigenvalue weighted by atomic mass is 10.3. The zero-order valence-corrected chi connectivity index (χ0v) is 16.8. The molecule has 0 aliphatic carbocycles. The van der Waals surface area contributed by atoms with Crippen LogP contribution in [0.3, 0.4) is 0 Å². The summed E-state index contributed by atoms with van der Waals surface area (Å²) in [6.45, 7) is 2.88. The van der Waals surface area contributed by atoms with E-state index in [-0.39, 0.29) is 26.6 Å². The Balaban J connectivity index is 1.92. The highest BCUT2D eigenvalue weighted by Gasteiger charge is 2.19. The van der Waals surface area contributed by atoms with Gasteiger partial charge in [0, 0.05) is 11.9 Å². The van der Waals surface area contributed by atoms with Crippen LogP contribution in [0.4, 0.5) is 10.8 Å². The second-order valence-corrected chi connectivity index (χ2v) is 7.07. The van der Waals surface area contributed by atoms with Crippen LogP contribution in [0.2, 0.25) is 10.0 Å². The minimum absolute atomic E-state index is 0.150. The third kappa shape index (κ3) is 5.81. The molecule has 0 atom stereocenters. The Morgan fingerprint density at radius 3 is 2.39 bits per heavy atom. The lowest BCUT2D eigenvalue weighted by Crippen LogP contribution is -2.46. The molecule has 0 aliphatic rings. The highest BCUT2D eigenvalue weighted by molar-refractivity contribution is 7.17. The molecule has 0 bridgehead atoms. The van der Waals surface area contributed by atoms with Crippen LogP contribution in [-0.4, -0.2) is 28.6 Å². The molecule has 0 aliphatic heterocycles. The van der Waals surface area contributed by atoms with Gasteiger partial charge in [0.05, 0.1) is 16.4 Å². The van der Waals surface area contributed by atoms with E-state index in [1.54, 1.807) is 6.92 Å². The van der Waals surface area contributed by atoms with Gasteiger partial charge in [0.15, 0.2) is 0 Å². The molecular weight excluding hydrogens is 431 g/mol. The van der Waals surface area contributed by atoms with Crippen molar-refractivity contribution in [2.45, 2.75) is 13.8 Å². The number of carbonyl (C=O) groups excluding carboxylic acids is 4. The number of rotatable bonds is 4. The molecule has 2 rings (SSSR count). The van der Waals surface area contributed by atoms with Crippen molar-refractivity contribution >= 4 is 69.0 Å². The molecule has 5 N–H and O–H groups in total. The van der Waals surface area contributed by atoms with E-state index in [0.717, 1.165) is 11.3 Å². The van der Waals surface area contributed by atoms with E-state index in [0.29, 0.717) is 10.7 Å². The number of hydrogen-bond donors (Lipinski definition) is 5. The molecule has 10 nitrogen and oxygen atoms in total. The number of aromatic nitrogens is 1. The minimum Gasteiger partial charge on any atom is -0.316 e. The molecule has 148 valence electrons. The zero-order valence-electron chi connectivity index (χ0n) is 14.5. The second kappa shape index (κ2) is 9.35. The third-order valence-corrected chi connectivity index (χ3v) is 4.64. The first-order valence-electron chi connectivity index (χ1n) is 7.54. The van der Waals surface area contributed by atoms with E-state index < -0.39 is 17.7 Å². The number of anilines is 2. The Bertz CT molecular complexity index is 949. The highest BCUT2D eigenvalue weighted by Crippen LogP contribution is 2.25. The number of amides is 4. The smallest absolute Gasteiger partial charge is 0.316 e. The summed E-state index contributed by atoms with van der Waals surface area (Å²) >= 11 is 12.6. The fraction of sp³-hybridized carbons (Fsp3) is 0.133. The van der Waals surface area contributed by atoms with E-state index in [2.05, 4.69) is 26.6 Å². The molecule has 0 unspecified atom stereocenters. The number of nitrogens with one attached hydrogen (secondary N) is 5. The number of nitrogens with zero attached hydrogens (tertiary/aromatic N) is 1. The number of hydrogen-bond acceptors (Lipinski definition) is 7. The third-order valence-electron chi connectivity index (χ3n) is 3.02. The van der Waals surface area contributed by atoms with Crippen LogP contribution in [0, 0.1) is 6.92 Å². The van der Waals surface area contributed by atoms with Crippen LogP contribution in [0.25, 0.3) is 0 Å². The van der Waals surface area contributed by atoms with Crippen LogP contribution < -0.4 is 27.0 Å². The molecule has 1 aromatic heterocycles. The maximum absolute atomic E-state index is 12.2. The molecule has 13 heteroatoms. The first kappa shape index (κ1) is 21.4. The van der Waals surface area contributed by atoms with Crippen molar-refractivity contribution in [3.8, 4) is 0 Å². The van der Waals surface area contributed by atoms with Gasteiger partial charge in [-0.05, 0) is 25.1 Å². The largest absolute Gasteiger partial charge is 0.328 e. The quantitative estimate of drug-likeness (QED) is 0.358. The van der Waals surface area contributed by atoms with Crippen LogP contribution in [0.1, 0.15) is 22.3 Å².